The van der Waals surface area contributed by atoms with Crippen molar-refractivity contribution in [1.29, 1.82) is 0 Å². The van der Waals surface area contributed by atoms with Crippen molar-refractivity contribution in [2.24, 2.45) is 35.5 Å². The van der Waals surface area contributed by atoms with Gasteiger partial charge in [0.05, 0.1) is 7.11 Å². The van der Waals surface area contributed by atoms with Crippen LogP contribution in [0, 0.1) is 49.4 Å². The van der Waals surface area contributed by atoms with Gasteiger partial charge >= 0.3 is 35.0 Å². The predicted octanol–water partition coefficient (Wildman–Crippen LogP) is 7.24. The van der Waals surface area contributed by atoms with E-state index in [0.717, 1.165) is 53.3 Å². The SMILES string of the molecule is CC[C@@H]1C(C)=C2/C=c3\[n-]/c(c(C)c3C(C)=O)=C\C3[N-]C(C4=c5[n-]c(c(C)c5=C(O)[C@@H]4C(=O)OC)/C=C/1[N-]2)[C@@H](CCC(=O)OC/C=C(\C)CCC[C@H](C)CCCC(C)C)[C@@H]3C.[Mg+2]. The Balaban J connectivity index is 0.00000704. The molecule has 10 nitrogen and oxygen atoms in total. The number of ether oxygens (including phenoxy) is 2. The van der Waals surface area contributed by atoms with Gasteiger partial charge < -0.3 is 35.2 Å². The van der Waals surface area contributed by atoms with Crippen LogP contribution >= 0.6 is 0 Å². The molecule has 0 aromatic carbocycles. The van der Waals surface area contributed by atoms with Crippen LogP contribution < -0.4 is 31.2 Å². The molecule has 1 fully saturated rings. The molecule has 1 aliphatic carbocycles. The summed E-state index contributed by atoms with van der Waals surface area (Å²) in [5, 5.41) is 24.6. The monoisotopic (exact) mass is 842 g/mol. The van der Waals surface area contributed by atoms with Crippen LogP contribution in [-0.4, -0.2) is 71.7 Å². The molecule has 2 unspecified atom stereocenters. The average Bonchev–Trinajstić information content (AvgIpc) is 3.94. The third kappa shape index (κ3) is 10.2. The smallest absolute Gasteiger partial charge is 0.661 e. The molecule has 3 aliphatic heterocycles. The molecular weight excluding hydrogens is 777 g/mol. The first-order valence-electron chi connectivity index (χ1n) is 22.3. The molecule has 2 aromatic heterocycles. The number of esters is 2. The molecule has 326 valence electrons. The minimum Gasteiger partial charge on any atom is -0.661 e. The fraction of sp³-hybridized carbons (Fsp3) is 0.580. The summed E-state index contributed by atoms with van der Waals surface area (Å²) in [6, 6.07) is -0.961. The second-order valence-corrected chi connectivity index (χ2v) is 18.3. The van der Waals surface area contributed by atoms with Crippen LogP contribution in [0.1, 0.15) is 140 Å². The van der Waals surface area contributed by atoms with Gasteiger partial charge in [-0.1, -0.05) is 112 Å². The summed E-state index contributed by atoms with van der Waals surface area (Å²) in [7, 11) is 1.32. The maximum atomic E-state index is 13.6. The van der Waals surface area contributed by atoms with E-state index in [2.05, 4.69) is 48.5 Å². The molecule has 8 bridgehead atoms. The molecule has 61 heavy (non-hydrogen) atoms. The zero-order valence-corrected chi connectivity index (χ0v) is 39.9. The van der Waals surface area contributed by atoms with Crippen molar-refractivity contribution in [3.63, 3.8) is 0 Å². The Morgan fingerprint density at radius 2 is 1.67 bits per heavy atom. The number of rotatable bonds is 16. The van der Waals surface area contributed by atoms with Crippen LogP contribution in [0.15, 0.2) is 28.6 Å². The van der Waals surface area contributed by atoms with Crippen LogP contribution in [0.5, 0.6) is 0 Å². The summed E-state index contributed by atoms with van der Waals surface area (Å²) < 4.78 is 11.1. The van der Waals surface area contributed by atoms with Gasteiger partial charge in [-0.25, -0.2) is 0 Å². The largest absolute Gasteiger partial charge is 2.00 e. The van der Waals surface area contributed by atoms with Gasteiger partial charge in [0.15, 0.2) is 5.78 Å². The standard InChI is InChI=1S/C50H66N4O6.Mg/c1-12-34-29(6)36-25-41-43(33(10)55)31(8)38(52-41)23-37-30(7)35(19-20-42(56)60-22-21-28(5)18-14-17-27(4)16-13-15-26(2)3)47(53-37)45-46(50(58)59-11)49(57)44-32(9)39(54-48(44)45)24-40(34)51-36;/h21,23-27,30,34-35,37,46-47,57H,12-20,22H2,1-11H3;/q-4;+2/b28-21+,38-23-,40-24-,41-25-;/t27-,30+,34-,35+,37?,46-,47?;/m1./s1. The summed E-state index contributed by atoms with van der Waals surface area (Å²) in [4.78, 5) is 50.3. The maximum absolute atomic E-state index is 13.6. The minimum absolute atomic E-state index is 0. The van der Waals surface area contributed by atoms with Crippen molar-refractivity contribution in [3.05, 3.63) is 82.9 Å². The number of ketones is 1. The third-order valence-electron chi connectivity index (χ3n) is 13.6. The molecule has 6 rings (SSSR count). The van der Waals surface area contributed by atoms with E-state index in [4.69, 9.17) is 30.1 Å². The van der Waals surface area contributed by atoms with Crippen LogP contribution in [0.4, 0.5) is 0 Å². The first-order valence-corrected chi connectivity index (χ1v) is 22.3. The summed E-state index contributed by atoms with van der Waals surface area (Å²) in [5.41, 5.74) is 7.23. The molecular formula is C50H66MgN4O6-2. The van der Waals surface area contributed by atoms with Crippen molar-refractivity contribution in [2.45, 2.75) is 139 Å². The minimum atomic E-state index is -1.09. The first-order chi connectivity index (χ1) is 28.6. The van der Waals surface area contributed by atoms with E-state index in [-0.39, 0.29) is 77.4 Å². The molecule has 11 heteroatoms. The Morgan fingerprint density at radius 1 is 0.951 bits per heavy atom. The van der Waals surface area contributed by atoms with Gasteiger partial charge in [-0.05, 0) is 84.1 Å². The fourth-order valence-electron chi connectivity index (χ4n) is 9.94. The fourth-order valence-corrected chi connectivity index (χ4v) is 9.94. The zero-order chi connectivity index (χ0) is 43.6. The number of aromatic nitrogens is 2. The van der Waals surface area contributed by atoms with Crippen LogP contribution in [0.25, 0.3) is 40.2 Å². The topological polar surface area (TPSA) is 146 Å². The molecule has 4 aliphatic rings. The average molecular weight is 843 g/mol. The Hall–Kier alpha value is -3.80. The molecule has 5 heterocycles. The molecule has 0 radical (unpaired) electrons. The van der Waals surface area contributed by atoms with Gasteiger partial charge in [0.1, 0.15) is 18.3 Å². The molecule has 0 saturated carbocycles. The number of fused-ring (bicyclic) bond motifs is 8. The van der Waals surface area contributed by atoms with Crippen molar-refractivity contribution >= 4 is 70.3 Å². The Labute approximate surface area is 378 Å². The Bertz CT molecular complexity index is 2340. The van der Waals surface area contributed by atoms with Gasteiger partial charge in [0, 0.05) is 17.2 Å². The molecule has 1 N–H and O–H groups in total. The Morgan fingerprint density at radius 3 is 2.34 bits per heavy atom. The van der Waals surface area contributed by atoms with Crippen LogP contribution in [0.2, 0.25) is 0 Å². The third-order valence-corrected chi connectivity index (χ3v) is 13.6. The van der Waals surface area contributed by atoms with Crippen molar-refractivity contribution in [1.82, 2.24) is 9.97 Å². The van der Waals surface area contributed by atoms with E-state index >= 15 is 0 Å². The second-order valence-electron chi connectivity index (χ2n) is 18.3. The quantitative estimate of drug-likeness (QED) is 0.0806. The van der Waals surface area contributed by atoms with E-state index < -0.39 is 17.9 Å². The van der Waals surface area contributed by atoms with E-state index in [1.54, 1.807) is 6.92 Å². The maximum Gasteiger partial charge on any atom is 2.00 e. The number of Topliss-reactive ketones (excluding diaryl/α,β-unsaturated/α-hetero) is 1. The molecule has 0 spiro atoms. The normalized spacial score (nSPS) is 25.6. The van der Waals surface area contributed by atoms with Crippen molar-refractivity contribution in [3.8, 4) is 0 Å². The van der Waals surface area contributed by atoms with Gasteiger partial charge in [-0.2, -0.15) is 5.70 Å². The van der Waals surface area contributed by atoms with Crippen LogP contribution in [-0.2, 0) is 19.1 Å². The number of carbonyl (C=O) groups is 3. The van der Waals surface area contributed by atoms with Gasteiger partial charge in [-0.15, -0.1) is 45.6 Å². The number of allylic oxidation sites excluding steroid dienone is 3. The van der Waals surface area contributed by atoms with Gasteiger partial charge in [0.25, 0.3) is 0 Å². The van der Waals surface area contributed by atoms with E-state index in [1.807, 2.05) is 38.2 Å². The summed E-state index contributed by atoms with van der Waals surface area (Å²) in [5.74, 6) is -0.971. The predicted molar refractivity (Wildman–Crippen MR) is 244 cm³/mol. The summed E-state index contributed by atoms with van der Waals surface area (Å²) >= 11 is 0. The second kappa shape index (κ2) is 20.6. The van der Waals surface area contributed by atoms with E-state index in [9.17, 15) is 19.5 Å². The first kappa shape index (κ1) is 48.2. The van der Waals surface area contributed by atoms with Crippen LogP contribution in [0.3, 0.4) is 0 Å². The van der Waals surface area contributed by atoms with Crippen molar-refractivity contribution < 1.29 is 29.0 Å². The van der Waals surface area contributed by atoms with E-state index in [0.29, 0.717) is 50.4 Å². The molecule has 7 atom stereocenters. The van der Waals surface area contributed by atoms with Gasteiger partial charge in [0.2, 0.25) is 0 Å². The van der Waals surface area contributed by atoms with Gasteiger partial charge in [-0.3, -0.25) is 14.4 Å². The number of aliphatic hydroxyl groups excluding tert-OH is 1. The molecule has 2 aromatic rings. The molecule has 1 saturated heterocycles. The number of hydrogen-bond acceptors (Lipinski definition) is 6. The number of carbonyl (C=O) groups excluding carboxylic acids is 3. The zero-order valence-electron chi connectivity index (χ0n) is 38.5. The number of aliphatic hydroxyl groups is 1. The van der Waals surface area contributed by atoms with Crippen molar-refractivity contribution in [2.75, 3.05) is 13.7 Å². The number of nitrogens with zero attached hydrogens (tertiary/aromatic N) is 4. The Kier molecular flexibility index (Phi) is 16.3. The number of methoxy groups -OCH3 is 1. The summed E-state index contributed by atoms with van der Waals surface area (Å²) in [6.45, 7) is 20.9. The molecule has 0 amide bonds. The summed E-state index contributed by atoms with van der Waals surface area (Å²) in [6.07, 6.45) is 16.5. The van der Waals surface area contributed by atoms with E-state index in [1.165, 1.54) is 38.4 Å². The number of hydrogen-bond donors (Lipinski definition) is 1.